The van der Waals surface area contributed by atoms with Crippen LogP contribution in [0.15, 0.2) is 194 Å². The van der Waals surface area contributed by atoms with Gasteiger partial charge in [-0.25, -0.2) is 0 Å². The van der Waals surface area contributed by atoms with Gasteiger partial charge >= 0.3 is 0 Å². The van der Waals surface area contributed by atoms with Crippen LogP contribution in [0.2, 0.25) is 0 Å². The number of thiophene rings is 3. The molecule has 73 heavy (non-hydrogen) atoms. The molecule has 2 nitrogen and oxygen atoms in total. The molecular formula is C68H74N2S3. The highest BCUT2D eigenvalue weighted by molar-refractivity contribution is 7.17. The molecule has 0 saturated heterocycles. The number of para-hydroxylation sites is 4. The maximum atomic E-state index is 2.55. The molecule has 0 aliphatic heterocycles. The minimum atomic E-state index is -0.101. The summed E-state index contributed by atoms with van der Waals surface area (Å²) < 4.78 is 0. The Morgan fingerprint density at radius 3 is 0.959 bits per heavy atom. The summed E-state index contributed by atoms with van der Waals surface area (Å²) in [6, 6.07) is 71.6. The highest BCUT2D eigenvalue weighted by atomic mass is 32.1. The Kier molecular flexibility index (Phi) is 17.3. The van der Waals surface area contributed by atoms with Crippen LogP contribution in [0, 0.1) is 0 Å². The second-order valence-electron chi connectivity index (χ2n) is 20.2. The van der Waals surface area contributed by atoms with E-state index in [1.165, 1.54) is 93.1 Å². The topological polar surface area (TPSA) is 6.48 Å². The number of aryl methyl sites for hydroxylation is 2. The average molecular weight is 1020 g/mol. The molecule has 0 radical (unpaired) electrons. The van der Waals surface area contributed by atoms with Crippen LogP contribution < -0.4 is 9.80 Å². The van der Waals surface area contributed by atoms with Gasteiger partial charge in [0.05, 0.1) is 0 Å². The molecule has 5 heteroatoms. The van der Waals surface area contributed by atoms with E-state index in [2.05, 4.69) is 257 Å². The largest absolute Gasteiger partial charge is 0.311 e. The average Bonchev–Trinajstić information content (AvgIpc) is 4.24. The van der Waals surface area contributed by atoms with Gasteiger partial charge < -0.3 is 9.80 Å². The SMILES string of the molecule is CCCCCCc1cc(-c2ccc(N(c3ccccc3)c3ccccc3)cc2)sc1C(C)(CC)c1ccc(C(C)(CC)c2sc(-c3ccc(N(c4ccccc4)c4ccccc4)cc3)cc2CCCCCC)s1. The molecule has 0 bridgehead atoms. The molecule has 9 aromatic rings. The first kappa shape index (κ1) is 51.9. The molecule has 374 valence electrons. The van der Waals surface area contributed by atoms with Gasteiger partial charge in [-0.05, 0) is 172 Å². The fourth-order valence-electron chi connectivity index (χ4n) is 10.5. The Labute approximate surface area is 450 Å². The predicted octanol–water partition coefficient (Wildman–Crippen LogP) is 21.8. The van der Waals surface area contributed by atoms with Crippen LogP contribution in [0.3, 0.4) is 0 Å². The van der Waals surface area contributed by atoms with Crippen LogP contribution in [0.4, 0.5) is 34.1 Å². The Morgan fingerprint density at radius 2 is 0.658 bits per heavy atom. The van der Waals surface area contributed by atoms with E-state index in [0.717, 1.165) is 59.8 Å². The smallest absolute Gasteiger partial charge is 0.0462 e. The van der Waals surface area contributed by atoms with Crippen LogP contribution in [-0.4, -0.2) is 0 Å². The molecule has 6 aromatic carbocycles. The number of benzene rings is 6. The number of nitrogens with zero attached hydrogens (tertiary/aromatic N) is 2. The summed E-state index contributed by atoms with van der Waals surface area (Å²) in [7, 11) is 0. The molecule has 0 N–H and O–H groups in total. The highest BCUT2D eigenvalue weighted by Crippen LogP contribution is 2.52. The third-order valence-electron chi connectivity index (χ3n) is 15.2. The van der Waals surface area contributed by atoms with Gasteiger partial charge in [-0.3, -0.25) is 0 Å². The lowest BCUT2D eigenvalue weighted by Crippen LogP contribution is -2.22. The first-order chi connectivity index (χ1) is 35.8. The van der Waals surface area contributed by atoms with Gasteiger partial charge in [-0.2, -0.15) is 0 Å². The van der Waals surface area contributed by atoms with E-state index >= 15 is 0 Å². The molecule has 3 aromatic heterocycles. The molecule has 0 amide bonds. The molecule has 0 aliphatic rings. The van der Waals surface area contributed by atoms with E-state index in [1.54, 1.807) is 9.75 Å². The molecule has 2 unspecified atom stereocenters. The van der Waals surface area contributed by atoms with Crippen LogP contribution in [0.5, 0.6) is 0 Å². The number of rotatable bonds is 24. The fourth-order valence-corrected chi connectivity index (χ4v) is 15.0. The maximum absolute atomic E-state index is 2.55. The van der Waals surface area contributed by atoms with E-state index in [-0.39, 0.29) is 10.8 Å². The second-order valence-corrected chi connectivity index (χ2v) is 23.4. The first-order valence-electron chi connectivity index (χ1n) is 27.2. The number of hydrogen-bond acceptors (Lipinski definition) is 5. The van der Waals surface area contributed by atoms with Gasteiger partial charge in [0.2, 0.25) is 0 Å². The Balaban J connectivity index is 1.04. The van der Waals surface area contributed by atoms with E-state index in [1.807, 2.05) is 22.7 Å². The Bertz CT molecular complexity index is 2790. The van der Waals surface area contributed by atoms with Crippen molar-refractivity contribution >= 4 is 68.1 Å². The molecule has 9 rings (SSSR count). The maximum Gasteiger partial charge on any atom is 0.0462 e. The minimum absolute atomic E-state index is 0.101. The minimum Gasteiger partial charge on any atom is -0.311 e. The van der Waals surface area contributed by atoms with Crippen LogP contribution in [0.1, 0.15) is 136 Å². The molecular weight excluding hydrogens is 941 g/mol. The third-order valence-corrected chi connectivity index (χ3v) is 19.8. The zero-order valence-electron chi connectivity index (χ0n) is 44.1. The fraction of sp³-hybridized carbons (Fsp3) is 0.294. The van der Waals surface area contributed by atoms with Crippen molar-refractivity contribution in [2.75, 3.05) is 9.80 Å². The molecule has 0 saturated carbocycles. The third kappa shape index (κ3) is 11.6. The van der Waals surface area contributed by atoms with Crippen LogP contribution in [0.25, 0.3) is 20.9 Å². The lowest BCUT2D eigenvalue weighted by atomic mass is 9.80. The summed E-state index contributed by atoms with van der Waals surface area (Å²) in [6.45, 7) is 14.6. The Hall–Kier alpha value is -5.98. The van der Waals surface area contributed by atoms with Crippen molar-refractivity contribution in [3.63, 3.8) is 0 Å². The summed E-state index contributed by atoms with van der Waals surface area (Å²) in [5.74, 6) is 0. The zero-order valence-corrected chi connectivity index (χ0v) is 46.5. The molecule has 3 heterocycles. The zero-order chi connectivity index (χ0) is 50.6. The first-order valence-corrected chi connectivity index (χ1v) is 29.6. The summed E-state index contributed by atoms with van der Waals surface area (Å²) in [6.07, 6.45) is 14.4. The van der Waals surface area contributed by atoms with Crippen molar-refractivity contribution in [2.24, 2.45) is 0 Å². The highest BCUT2D eigenvalue weighted by Gasteiger charge is 2.38. The number of unbranched alkanes of at least 4 members (excludes halogenated alkanes) is 6. The van der Waals surface area contributed by atoms with E-state index < -0.39 is 0 Å². The van der Waals surface area contributed by atoms with Gasteiger partial charge in [0.15, 0.2) is 0 Å². The lowest BCUT2D eigenvalue weighted by Gasteiger charge is -2.30. The normalized spacial score (nSPS) is 13.1. The number of anilines is 6. The summed E-state index contributed by atoms with van der Waals surface area (Å²) in [5.41, 5.74) is 12.4. The van der Waals surface area contributed by atoms with Gasteiger partial charge in [-0.1, -0.05) is 163 Å². The van der Waals surface area contributed by atoms with Crippen molar-refractivity contribution < 1.29 is 0 Å². The lowest BCUT2D eigenvalue weighted by molar-refractivity contribution is 0.561. The van der Waals surface area contributed by atoms with Crippen molar-refractivity contribution in [1.29, 1.82) is 0 Å². The summed E-state index contributed by atoms with van der Waals surface area (Å²) >= 11 is 6.16. The van der Waals surface area contributed by atoms with Crippen molar-refractivity contribution in [2.45, 2.75) is 129 Å². The Morgan fingerprint density at radius 1 is 0.342 bits per heavy atom. The molecule has 0 fully saturated rings. The predicted molar refractivity (Wildman–Crippen MR) is 322 cm³/mol. The van der Waals surface area contributed by atoms with Crippen molar-refractivity contribution in [3.05, 3.63) is 225 Å². The van der Waals surface area contributed by atoms with E-state index in [9.17, 15) is 0 Å². The van der Waals surface area contributed by atoms with Gasteiger partial charge in [0.1, 0.15) is 0 Å². The van der Waals surface area contributed by atoms with E-state index in [0.29, 0.717) is 0 Å². The standard InChI is InChI=1S/C68H74N2S3/c1-7-11-13-19-29-53-49-61(51-39-43-59(44-40-51)69(55-31-21-15-22-32-55)56-33-23-16-24-34-56)71-65(53)67(5,9-3)63-47-48-64(73-63)68(6,10-4)66-54(30-20-14-12-8-2)50-62(72-66)52-41-45-60(46-42-52)70(57-35-25-17-26-36-57)58-37-27-18-28-38-58/h15-18,21-28,31-50H,7-14,19-20,29-30H2,1-6H3. The van der Waals surface area contributed by atoms with Crippen LogP contribution >= 0.6 is 34.0 Å². The van der Waals surface area contributed by atoms with Gasteiger partial charge in [0.25, 0.3) is 0 Å². The van der Waals surface area contributed by atoms with Gasteiger partial charge in [0, 0.05) is 74.2 Å². The summed E-state index contributed by atoms with van der Waals surface area (Å²) in [4.78, 5) is 13.5. The summed E-state index contributed by atoms with van der Waals surface area (Å²) in [5, 5.41) is 0. The monoisotopic (exact) mass is 1010 g/mol. The number of hydrogen-bond donors (Lipinski definition) is 0. The van der Waals surface area contributed by atoms with E-state index in [4.69, 9.17) is 0 Å². The molecule has 0 spiro atoms. The van der Waals surface area contributed by atoms with Crippen molar-refractivity contribution in [3.8, 4) is 20.9 Å². The molecule has 0 aliphatic carbocycles. The van der Waals surface area contributed by atoms with Gasteiger partial charge in [-0.15, -0.1) is 34.0 Å². The van der Waals surface area contributed by atoms with Crippen LogP contribution in [-0.2, 0) is 23.7 Å². The molecule has 2 atom stereocenters. The second kappa shape index (κ2) is 24.4. The quantitative estimate of drug-likeness (QED) is 0.0557. The van der Waals surface area contributed by atoms with Crippen molar-refractivity contribution in [1.82, 2.24) is 0 Å².